The van der Waals surface area contributed by atoms with Gasteiger partial charge in [-0.25, -0.2) is 0 Å². The van der Waals surface area contributed by atoms with E-state index in [0.29, 0.717) is 19.6 Å². The Kier molecular flexibility index (Phi) is 6.67. The third-order valence-electron chi connectivity index (χ3n) is 2.62. The van der Waals surface area contributed by atoms with Gasteiger partial charge < -0.3 is 15.2 Å². The minimum atomic E-state index is 0.574. The number of rotatable bonds is 8. The SMILES string of the molecule is COc1cccc(CCN)c1OCCCCC#N. The molecular weight excluding hydrogens is 228 g/mol. The van der Waals surface area contributed by atoms with Gasteiger partial charge in [-0.3, -0.25) is 0 Å². The molecule has 0 heterocycles. The average Bonchev–Trinajstić information content (AvgIpc) is 2.40. The van der Waals surface area contributed by atoms with Crippen LogP contribution in [-0.2, 0) is 6.42 Å². The molecule has 4 nitrogen and oxygen atoms in total. The number of hydrogen-bond acceptors (Lipinski definition) is 4. The molecule has 0 amide bonds. The van der Waals surface area contributed by atoms with Crippen molar-refractivity contribution in [3.8, 4) is 17.6 Å². The molecule has 1 rings (SSSR count). The number of nitrogens with two attached hydrogens (primary N) is 1. The lowest BCUT2D eigenvalue weighted by Crippen LogP contribution is -2.07. The van der Waals surface area contributed by atoms with E-state index in [2.05, 4.69) is 6.07 Å². The van der Waals surface area contributed by atoms with Gasteiger partial charge in [0.2, 0.25) is 0 Å². The van der Waals surface area contributed by atoms with Gasteiger partial charge in [-0.15, -0.1) is 0 Å². The molecule has 98 valence electrons. The van der Waals surface area contributed by atoms with Gasteiger partial charge in [0.25, 0.3) is 0 Å². The molecule has 0 bridgehead atoms. The number of benzene rings is 1. The Labute approximate surface area is 108 Å². The van der Waals surface area contributed by atoms with Crippen molar-refractivity contribution < 1.29 is 9.47 Å². The molecule has 0 saturated heterocycles. The summed E-state index contributed by atoms with van der Waals surface area (Å²) in [6.07, 6.45) is 3.07. The third kappa shape index (κ3) is 4.27. The second kappa shape index (κ2) is 8.37. The van der Waals surface area contributed by atoms with Crippen LogP contribution in [0.1, 0.15) is 24.8 Å². The van der Waals surface area contributed by atoms with Gasteiger partial charge in [0.1, 0.15) is 0 Å². The molecule has 0 aromatic heterocycles. The van der Waals surface area contributed by atoms with E-state index < -0.39 is 0 Å². The monoisotopic (exact) mass is 248 g/mol. The largest absolute Gasteiger partial charge is 0.493 e. The highest BCUT2D eigenvalue weighted by molar-refractivity contribution is 5.46. The van der Waals surface area contributed by atoms with Gasteiger partial charge in [0, 0.05) is 6.42 Å². The number of ether oxygens (including phenoxy) is 2. The van der Waals surface area contributed by atoms with E-state index in [1.807, 2.05) is 18.2 Å². The predicted molar refractivity (Wildman–Crippen MR) is 70.7 cm³/mol. The molecule has 0 spiro atoms. The first-order chi connectivity index (χ1) is 8.83. The molecule has 4 heteroatoms. The van der Waals surface area contributed by atoms with Crippen molar-refractivity contribution in [2.24, 2.45) is 5.73 Å². The molecular formula is C14H20N2O2. The summed E-state index contributed by atoms with van der Waals surface area (Å²) < 4.78 is 11.1. The lowest BCUT2D eigenvalue weighted by Gasteiger charge is -2.14. The highest BCUT2D eigenvalue weighted by Gasteiger charge is 2.09. The normalized spacial score (nSPS) is 9.83. The van der Waals surface area contributed by atoms with Gasteiger partial charge in [0.05, 0.1) is 19.8 Å². The molecule has 0 atom stereocenters. The lowest BCUT2D eigenvalue weighted by atomic mass is 10.1. The summed E-state index contributed by atoms with van der Waals surface area (Å²) in [5, 5.41) is 8.45. The Morgan fingerprint density at radius 1 is 1.33 bits per heavy atom. The first kappa shape index (κ1) is 14.3. The van der Waals surface area contributed by atoms with Crippen LogP contribution in [-0.4, -0.2) is 20.3 Å². The summed E-state index contributed by atoms with van der Waals surface area (Å²) in [7, 11) is 1.63. The fraction of sp³-hybridized carbons (Fsp3) is 0.500. The fourth-order valence-electron chi connectivity index (χ4n) is 1.72. The third-order valence-corrected chi connectivity index (χ3v) is 2.62. The highest BCUT2D eigenvalue weighted by Crippen LogP contribution is 2.31. The van der Waals surface area contributed by atoms with Gasteiger partial charge in [0.15, 0.2) is 11.5 Å². The van der Waals surface area contributed by atoms with Crippen molar-refractivity contribution in [3.05, 3.63) is 23.8 Å². The van der Waals surface area contributed by atoms with E-state index in [9.17, 15) is 0 Å². The van der Waals surface area contributed by atoms with Crippen LogP contribution in [0.3, 0.4) is 0 Å². The smallest absolute Gasteiger partial charge is 0.164 e. The maximum atomic E-state index is 8.45. The van der Waals surface area contributed by atoms with Crippen LogP contribution in [0.25, 0.3) is 0 Å². The average molecular weight is 248 g/mol. The second-order valence-electron chi connectivity index (χ2n) is 3.95. The Bertz CT molecular complexity index is 399. The molecule has 1 aromatic carbocycles. The maximum absolute atomic E-state index is 8.45. The number of para-hydroxylation sites is 1. The van der Waals surface area contributed by atoms with Crippen molar-refractivity contribution in [1.82, 2.24) is 0 Å². The number of methoxy groups -OCH3 is 1. The molecule has 0 radical (unpaired) electrons. The fourth-order valence-corrected chi connectivity index (χ4v) is 1.72. The molecule has 0 fully saturated rings. The summed E-state index contributed by atoms with van der Waals surface area (Å²) in [6, 6.07) is 7.94. The molecule has 0 aliphatic carbocycles. The Morgan fingerprint density at radius 3 is 2.83 bits per heavy atom. The van der Waals surface area contributed by atoms with E-state index >= 15 is 0 Å². The molecule has 0 aliphatic heterocycles. The number of nitrogens with zero attached hydrogens (tertiary/aromatic N) is 1. The van der Waals surface area contributed by atoms with Gasteiger partial charge in [-0.1, -0.05) is 12.1 Å². The van der Waals surface area contributed by atoms with E-state index in [4.69, 9.17) is 20.5 Å². The van der Waals surface area contributed by atoms with Gasteiger partial charge in [-0.2, -0.15) is 5.26 Å². The number of unbranched alkanes of at least 4 members (excludes halogenated alkanes) is 2. The summed E-state index contributed by atoms with van der Waals surface area (Å²) in [5.74, 6) is 1.52. The van der Waals surface area contributed by atoms with Crippen molar-refractivity contribution in [2.45, 2.75) is 25.7 Å². The minimum Gasteiger partial charge on any atom is -0.493 e. The van der Waals surface area contributed by atoms with Crippen LogP contribution in [0.2, 0.25) is 0 Å². The van der Waals surface area contributed by atoms with Crippen LogP contribution in [0.4, 0.5) is 0 Å². The Morgan fingerprint density at radius 2 is 2.17 bits per heavy atom. The first-order valence-electron chi connectivity index (χ1n) is 6.19. The van der Waals surface area contributed by atoms with Crippen molar-refractivity contribution >= 4 is 0 Å². The second-order valence-corrected chi connectivity index (χ2v) is 3.95. The zero-order valence-corrected chi connectivity index (χ0v) is 10.8. The number of hydrogen-bond donors (Lipinski definition) is 1. The van der Waals surface area contributed by atoms with E-state index in [1.165, 1.54) is 0 Å². The molecule has 2 N–H and O–H groups in total. The van der Waals surface area contributed by atoms with Crippen molar-refractivity contribution in [3.63, 3.8) is 0 Å². The standard InChI is InChI=1S/C14H20N2O2/c1-17-13-7-5-6-12(8-10-16)14(13)18-11-4-2-3-9-15/h5-7H,2-4,8,10-11,16H2,1H3. The Balaban J connectivity index is 2.63. The maximum Gasteiger partial charge on any atom is 0.164 e. The predicted octanol–water partition coefficient (Wildman–Crippen LogP) is 2.27. The summed E-state index contributed by atoms with van der Waals surface area (Å²) in [6.45, 7) is 1.18. The van der Waals surface area contributed by atoms with Crippen LogP contribution in [0.5, 0.6) is 11.5 Å². The Hall–Kier alpha value is -1.73. The van der Waals surface area contributed by atoms with Crippen molar-refractivity contribution in [2.75, 3.05) is 20.3 Å². The quantitative estimate of drug-likeness (QED) is 0.716. The summed E-state index contributed by atoms with van der Waals surface area (Å²) in [5.41, 5.74) is 6.65. The van der Waals surface area contributed by atoms with Crippen LogP contribution in [0, 0.1) is 11.3 Å². The highest BCUT2D eigenvalue weighted by atomic mass is 16.5. The molecule has 0 aliphatic rings. The van der Waals surface area contributed by atoms with Crippen LogP contribution < -0.4 is 15.2 Å². The molecule has 0 saturated carbocycles. The van der Waals surface area contributed by atoms with Gasteiger partial charge in [-0.05, 0) is 37.4 Å². The zero-order chi connectivity index (χ0) is 13.2. The van der Waals surface area contributed by atoms with E-state index in [1.54, 1.807) is 7.11 Å². The van der Waals surface area contributed by atoms with E-state index in [-0.39, 0.29) is 0 Å². The molecule has 1 aromatic rings. The molecule has 0 unspecified atom stereocenters. The lowest BCUT2D eigenvalue weighted by molar-refractivity contribution is 0.284. The summed E-state index contributed by atoms with van der Waals surface area (Å²) >= 11 is 0. The van der Waals surface area contributed by atoms with Crippen LogP contribution >= 0.6 is 0 Å². The summed E-state index contributed by atoms with van der Waals surface area (Å²) in [4.78, 5) is 0. The van der Waals surface area contributed by atoms with E-state index in [0.717, 1.165) is 36.3 Å². The first-order valence-corrected chi connectivity index (χ1v) is 6.19. The topological polar surface area (TPSA) is 68.3 Å². The number of nitriles is 1. The minimum absolute atomic E-state index is 0.574. The van der Waals surface area contributed by atoms with Crippen molar-refractivity contribution in [1.29, 1.82) is 5.26 Å². The zero-order valence-electron chi connectivity index (χ0n) is 10.8. The van der Waals surface area contributed by atoms with Crippen LogP contribution in [0.15, 0.2) is 18.2 Å². The molecule has 18 heavy (non-hydrogen) atoms. The van der Waals surface area contributed by atoms with Gasteiger partial charge >= 0.3 is 0 Å².